The molecule has 6 heteroatoms. The number of nitrogens with two attached hydrogens (primary N) is 1. The third-order valence-electron chi connectivity index (χ3n) is 4.39. The molecular weight excluding hydrogens is 250 g/mol. The van der Waals surface area contributed by atoms with Crippen LogP contribution < -0.4 is 5.73 Å². The molecule has 0 radical (unpaired) electrons. The first-order valence-electron chi connectivity index (χ1n) is 7.00. The Hall–Kier alpha value is -0.170. The lowest BCUT2D eigenvalue weighted by molar-refractivity contribution is 0.196. The second-order valence-corrected chi connectivity index (χ2v) is 7.47. The first-order chi connectivity index (χ1) is 8.57. The van der Waals surface area contributed by atoms with E-state index in [1.165, 1.54) is 6.42 Å². The fraction of sp³-hybridized carbons (Fsp3) is 1.00. The number of hydrogen-bond donors (Lipinski definition) is 1. The third kappa shape index (κ3) is 2.71. The molecule has 1 aliphatic carbocycles. The van der Waals surface area contributed by atoms with Gasteiger partial charge in [0.2, 0.25) is 0 Å². The fourth-order valence-corrected chi connectivity index (χ4v) is 4.92. The summed E-state index contributed by atoms with van der Waals surface area (Å²) in [5.41, 5.74) is 5.79. The highest BCUT2D eigenvalue weighted by atomic mass is 32.2. The van der Waals surface area contributed by atoms with Gasteiger partial charge < -0.3 is 5.73 Å². The molecule has 106 valence electrons. The first-order valence-corrected chi connectivity index (χ1v) is 8.40. The van der Waals surface area contributed by atoms with Crippen LogP contribution in [-0.2, 0) is 10.2 Å². The Bertz CT molecular complexity index is 366. The molecular formula is C12H25N3O2S. The molecule has 2 atom stereocenters. The highest BCUT2D eigenvalue weighted by Gasteiger charge is 2.37. The summed E-state index contributed by atoms with van der Waals surface area (Å²) in [5, 5.41) is 0. The smallest absolute Gasteiger partial charge is 0.281 e. The summed E-state index contributed by atoms with van der Waals surface area (Å²) in [6, 6.07) is 0.0920. The Kier molecular flexibility index (Phi) is 4.64. The zero-order valence-corrected chi connectivity index (χ0v) is 12.0. The van der Waals surface area contributed by atoms with Crippen molar-refractivity contribution in [1.82, 2.24) is 8.61 Å². The van der Waals surface area contributed by atoms with Crippen molar-refractivity contribution in [2.45, 2.75) is 44.6 Å². The van der Waals surface area contributed by atoms with Gasteiger partial charge in [-0.05, 0) is 38.1 Å². The van der Waals surface area contributed by atoms with Gasteiger partial charge in [0.05, 0.1) is 0 Å². The van der Waals surface area contributed by atoms with E-state index in [1.54, 1.807) is 15.7 Å². The summed E-state index contributed by atoms with van der Waals surface area (Å²) in [6.07, 6.45) is 6.26. The monoisotopic (exact) mass is 275 g/mol. The molecule has 1 saturated carbocycles. The Morgan fingerprint density at radius 2 is 1.78 bits per heavy atom. The predicted molar refractivity (Wildman–Crippen MR) is 72.3 cm³/mol. The van der Waals surface area contributed by atoms with E-state index >= 15 is 0 Å². The molecule has 0 spiro atoms. The molecule has 2 rings (SSSR count). The summed E-state index contributed by atoms with van der Waals surface area (Å²) in [6.45, 7) is 1.93. The molecule has 1 aliphatic heterocycles. The summed E-state index contributed by atoms with van der Waals surface area (Å²) in [4.78, 5) is 0. The maximum atomic E-state index is 12.5. The summed E-state index contributed by atoms with van der Waals surface area (Å²) >= 11 is 0. The van der Waals surface area contributed by atoms with Crippen molar-refractivity contribution in [3.05, 3.63) is 0 Å². The van der Waals surface area contributed by atoms with Crippen molar-refractivity contribution < 1.29 is 8.42 Å². The largest absolute Gasteiger partial charge is 0.330 e. The quantitative estimate of drug-likeness (QED) is 0.824. The number of rotatable bonds is 4. The molecule has 2 aliphatic rings. The number of nitrogens with zero attached hydrogens (tertiary/aromatic N) is 2. The molecule has 1 heterocycles. The van der Waals surface area contributed by atoms with Crippen LogP contribution in [0.15, 0.2) is 0 Å². The maximum Gasteiger partial charge on any atom is 0.281 e. The van der Waals surface area contributed by atoms with Gasteiger partial charge in [-0.2, -0.15) is 17.0 Å². The molecule has 0 aromatic rings. The molecule has 0 aromatic carbocycles. The van der Waals surface area contributed by atoms with Gasteiger partial charge in [0.1, 0.15) is 0 Å². The van der Waals surface area contributed by atoms with Gasteiger partial charge in [0, 0.05) is 26.2 Å². The SMILES string of the molecule is CN(C1CCCCC1CN)S(=O)(=O)N1CCCC1. The van der Waals surface area contributed by atoms with Crippen LogP contribution in [-0.4, -0.2) is 49.8 Å². The lowest BCUT2D eigenvalue weighted by atomic mass is 9.85. The maximum absolute atomic E-state index is 12.5. The summed E-state index contributed by atoms with van der Waals surface area (Å²) in [5.74, 6) is 0.320. The zero-order valence-electron chi connectivity index (χ0n) is 11.2. The molecule has 0 bridgehead atoms. The van der Waals surface area contributed by atoms with Gasteiger partial charge >= 0.3 is 0 Å². The van der Waals surface area contributed by atoms with Crippen molar-refractivity contribution in [2.75, 3.05) is 26.7 Å². The van der Waals surface area contributed by atoms with Crippen molar-refractivity contribution in [2.24, 2.45) is 11.7 Å². The Morgan fingerprint density at radius 1 is 1.17 bits per heavy atom. The molecule has 0 amide bonds. The van der Waals surface area contributed by atoms with Gasteiger partial charge in [-0.1, -0.05) is 12.8 Å². The van der Waals surface area contributed by atoms with Crippen molar-refractivity contribution in [3.63, 3.8) is 0 Å². The van der Waals surface area contributed by atoms with Crippen LogP contribution >= 0.6 is 0 Å². The van der Waals surface area contributed by atoms with Gasteiger partial charge in [0.15, 0.2) is 0 Å². The molecule has 0 aromatic heterocycles. The van der Waals surface area contributed by atoms with Crippen molar-refractivity contribution in [3.8, 4) is 0 Å². The van der Waals surface area contributed by atoms with Crippen molar-refractivity contribution in [1.29, 1.82) is 0 Å². The lowest BCUT2D eigenvalue weighted by Gasteiger charge is -2.38. The van der Waals surface area contributed by atoms with E-state index < -0.39 is 10.2 Å². The minimum absolute atomic E-state index is 0.0920. The van der Waals surface area contributed by atoms with Gasteiger partial charge in [-0.25, -0.2) is 0 Å². The van der Waals surface area contributed by atoms with Crippen LogP contribution in [0.3, 0.4) is 0 Å². The highest BCUT2D eigenvalue weighted by Crippen LogP contribution is 2.30. The van der Waals surface area contributed by atoms with Crippen LogP contribution in [0.4, 0.5) is 0 Å². The predicted octanol–water partition coefficient (Wildman–Crippen LogP) is 0.776. The Morgan fingerprint density at radius 3 is 2.39 bits per heavy atom. The zero-order chi connectivity index (χ0) is 13.2. The topological polar surface area (TPSA) is 66.6 Å². The van der Waals surface area contributed by atoms with Crippen LogP contribution in [0.5, 0.6) is 0 Å². The average Bonchev–Trinajstić information content (AvgIpc) is 2.92. The standard InChI is InChI=1S/C12H25N3O2S/c1-14(12-7-3-2-6-11(12)10-13)18(16,17)15-8-4-5-9-15/h11-12H,2-10,13H2,1H3. The van der Waals surface area contributed by atoms with Crippen LogP contribution in [0.1, 0.15) is 38.5 Å². The van der Waals surface area contributed by atoms with E-state index in [9.17, 15) is 8.42 Å². The minimum atomic E-state index is -3.27. The van der Waals surface area contributed by atoms with E-state index in [4.69, 9.17) is 5.73 Å². The molecule has 18 heavy (non-hydrogen) atoms. The molecule has 2 fully saturated rings. The molecule has 1 saturated heterocycles. The Labute approximate surface area is 110 Å². The second kappa shape index (κ2) is 5.86. The van der Waals surface area contributed by atoms with Crippen LogP contribution in [0, 0.1) is 5.92 Å². The Balaban J connectivity index is 2.10. The van der Waals surface area contributed by atoms with Gasteiger partial charge in [-0.3, -0.25) is 0 Å². The minimum Gasteiger partial charge on any atom is -0.330 e. The summed E-state index contributed by atoms with van der Waals surface area (Å²) < 4.78 is 28.2. The van der Waals surface area contributed by atoms with Gasteiger partial charge in [-0.15, -0.1) is 0 Å². The number of hydrogen-bond acceptors (Lipinski definition) is 3. The molecule has 5 nitrogen and oxygen atoms in total. The van der Waals surface area contributed by atoms with E-state index in [0.29, 0.717) is 25.6 Å². The van der Waals surface area contributed by atoms with E-state index in [-0.39, 0.29) is 6.04 Å². The van der Waals surface area contributed by atoms with Crippen LogP contribution in [0.2, 0.25) is 0 Å². The molecule has 2 N–H and O–H groups in total. The fourth-order valence-electron chi connectivity index (χ4n) is 3.21. The van der Waals surface area contributed by atoms with Crippen molar-refractivity contribution >= 4 is 10.2 Å². The third-order valence-corrected chi connectivity index (χ3v) is 6.41. The highest BCUT2D eigenvalue weighted by molar-refractivity contribution is 7.86. The normalized spacial score (nSPS) is 31.1. The summed E-state index contributed by atoms with van der Waals surface area (Å²) in [7, 11) is -1.54. The van der Waals surface area contributed by atoms with Gasteiger partial charge in [0.25, 0.3) is 10.2 Å². The first kappa shape index (κ1) is 14.2. The second-order valence-electron chi connectivity index (χ2n) is 5.48. The van der Waals surface area contributed by atoms with E-state index in [0.717, 1.165) is 32.1 Å². The van der Waals surface area contributed by atoms with E-state index in [2.05, 4.69) is 0 Å². The van der Waals surface area contributed by atoms with E-state index in [1.807, 2.05) is 0 Å². The lowest BCUT2D eigenvalue weighted by Crippen LogP contribution is -2.50. The van der Waals surface area contributed by atoms with Crippen LogP contribution in [0.25, 0.3) is 0 Å². The average molecular weight is 275 g/mol. The molecule has 2 unspecified atom stereocenters.